The maximum absolute atomic E-state index is 11.5. The van der Waals surface area contributed by atoms with Crippen LogP contribution in [0.1, 0.15) is 11.1 Å². The van der Waals surface area contributed by atoms with Gasteiger partial charge in [0.2, 0.25) is 0 Å². The number of methoxy groups -OCH3 is 1. The first-order chi connectivity index (χ1) is 13.8. The van der Waals surface area contributed by atoms with E-state index in [0.717, 1.165) is 11.1 Å². The van der Waals surface area contributed by atoms with Gasteiger partial charge in [0.1, 0.15) is 18.1 Å². The molecule has 1 unspecified atom stereocenters. The fourth-order valence-corrected chi connectivity index (χ4v) is 3.05. The molecule has 1 aliphatic rings. The molecule has 28 heavy (non-hydrogen) atoms. The largest absolute Gasteiger partial charge is 0.371 e. The van der Waals surface area contributed by atoms with Gasteiger partial charge >= 0.3 is 0 Å². The number of nitriles is 1. The quantitative estimate of drug-likeness (QED) is 0.705. The average molecular weight is 365 g/mol. The highest BCUT2D eigenvalue weighted by Gasteiger charge is 2.26. The van der Waals surface area contributed by atoms with Gasteiger partial charge in [-0.3, -0.25) is 0 Å². The number of ether oxygens (including phenoxy) is 1. The number of carbonyl (C=O) groups excluding carboxylic acids is 1. The minimum absolute atomic E-state index is 0.363. The molecule has 0 fully saturated rings. The highest BCUT2D eigenvalue weighted by atomic mass is 16.5. The van der Waals surface area contributed by atoms with Gasteiger partial charge in [-0.05, 0) is 22.8 Å². The van der Waals surface area contributed by atoms with E-state index >= 15 is 0 Å². The summed E-state index contributed by atoms with van der Waals surface area (Å²) >= 11 is 0. The Kier molecular flexibility index (Phi) is 6.33. The Morgan fingerprint density at radius 1 is 0.893 bits per heavy atom. The van der Waals surface area contributed by atoms with Crippen molar-refractivity contribution in [1.29, 1.82) is 5.26 Å². The van der Waals surface area contributed by atoms with Crippen LogP contribution in [0.2, 0.25) is 0 Å². The van der Waals surface area contributed by atoms with E-state index in [4.69, 9.17) is 4.74 Å². The SMILES string of the molecule is COC1C(=C=O)C=C(C=Cc2ccccc2)C(C#N)=C1C=Cc1ccccc1. The van der Waals surface area contributed by atoms with E-state index in [2.05, 4.69) is 6.07 Å². The Balaban J connectivity index is 2.06. The lowest BCUT2D eigenvalue weighted by Gasteiger charge is -2.23. The topological polar surface area (TPSA) is 50.1 Å². The summed E-state index contributed by atoms with van der Waals surface area (Å²) in [6.07, 6.45) is 8.54. The molecule has 2 aromatic carbocycles. The molecule has 0 N–H and O–H groups in total. The molecule has 1 aliphatic carbocycles. The number of allylic oxidation sites excluding steroid dienone is 3. The molecule has 3 heteroatoms. The van der Waals surface area contributed by atoms with Crippen molar-refractivity contribution in [3.63, 3.8) is 0 Å². The van der Waals surface area contributed by atoms with Crippen LogP contribution in [-0.2, 0) is 9.53 Å². The van der Waals surface area contributed by atoms with Crippen molar-refractivity contribution in [3.8, 4) is 6.07 Å². The van der Waals surface area contributed by atoms with E-state index in [1.54, 1.807) is 6.08 Å². The van der Waals surface area contributed by atoms with Crippen molar-refractivity contribution in [3.05, 3.63) is 112 Å². The Labute approximate surface area is 164 Å². The molecule has 0 aromatic heterocycles. The average Bonchev–Trinajstić information content (AvgIpc) is 2.76. The van der Waals surface area contributed by atoms with Crippen LogP contribution in [0, 0.1) is 11.3 Å². The fourth-order valence-electron chi connectivity index (χ4n) is 3.05. The summed E-state index contributed by atoms with van der Waals surface area (Å²) in [4.78, 5) is 11.5. The van der Waals surface area contributed by atoms with Crippen LogP contribution in [0.5, 0.6) is 0 Å². The molecule has 0 bridgehead atoms. The van der Waals surface area contributed by atoms with E-state index in [9.17, 15) is 10.1 Å². The highest BCUT2D eigenvalue weighted by molar-refractivity contribution is 5.74. The van der Waals surface area contributed by atoms with Gasteiger partial charge in [0.15, 0.2) is 0 Å². The molecule has 0 radical (unpaired) electrons. The van der Waals surface area contributed by atoms with Gasteiger partial charge in [0.05, 0.1) is 11.1 Å². The fraction of sp³-hybridized carbons (Fsp3) is 0.0800. The predicted octanol–water partition coefficient (Wildman–Crippen LogP) is 4.95. The summed E-state index contributed by atoms with van der Waals surface area (Å²) in [7, 11) is 1.52. The van der Waals surface area contributed by atoms with Crippen LogP contribution in [0.4, 0.5) is 0 Å². The number of hydrogen-bond acceptors (Lipinski definition) is 3. The Hall–Kier alpha value is -3.70. The second-order valence-corrected chi connectivity index (χ2v) is 6.20. The van der Waals surface area contributed by atoms with E-state index in [1.165, 1.54) is 7.11 Å². The molecule has 2 aromatic rings. The van der Waals surface area contributed by atoms with Gasteiger partial charge < -0.3 is 4.74 Å². The summed E-state index contributed by atoms with van der Waals surface area (Å²) in [6, 6.07) is 21.8. The van der Waals surface area contributed by atoms with Gasteiger partial charge in [-0.2, -0.15) is 5.26 Å². The highest BCUT2D eigenvalue weighted by Crippen LogP contribution is 2.32. The summed E-state index contributed by atoms with van der Waals surface area (Å²) in [5.74, 6) is 1.96. The third-order valence-corrected chi connectivity index (χ3v) is 4.43. The molecule has 3 nitrogen and oxygen atoms in total. The Bertz CT molecular complexity index is 1040. The van der Waals surface area contributed by atoms with E-state index < -0.39 is 6.10 Å². The first-order valence-electron chi connectivity index (χ1n) is 8.87. The van der Waals surface area contributed by atoms with Crippen molar-refractivity contribution in [2.24, 2.45) is 0 Å². The second kappa shape index (κ2) is 9.30. The van der Waals surface area contributed by atoms with Gasteiger partial charge in [0, 0.05) is 12.7 Å². The molecule has 0 heterocycles. The molecule has 0 spiro atoms. The summed E-state index contributed by atoms with van der Waals surface area (Å²) in [6.45, 7) is 0. The summed E-state index contributed by atoms with van der Waals surface area (Å²) < 4.78 is 5.51. The zero-order valence-electron chi connectivity index (χ0n) is 15.5. The van der Waals surface area contributed by atoms with Crippen molar-refractivity contribution in [2.45, 2.75) is 6.10 Å². The van der Waals surface area contributed by atoms with Crippen molar-refractivity contribution in [1.82, 2.24) is 0 Å². The first kappa shape index (κ1) is 19.1. The van der Waals surface area contributed by atoms with Gasteiger partial charge in [-0.15, -0.1) is 0 Å². The molecule has 0 saturated heterocycles. The first-order valence-corrected chi connectivity index (χ1v) is 8.87. The smallest absolute Gasteiger partial charge is 0.131 e. The van der Waals surface area contributed by atoms with Crippen LogP contribution < -0.4 is 0 Å². The standard InChI is InChI=1S/C25H19NO2/c1-28-25-22(18-27)16-21(14-12-19-8-4-2-5-9-19)24(17-26)23(25)15-13-20-10-6-3-7-11-20/h2-16,25H,1H3. The number of benzene rings is 2. The van der Waals surface area contributed by atoms with Crippen molar-refractivity contribution >= 4 is 18.1 Å². The lowest BCUT2D eigenvalue weighted by atomic mass is 9.85. The van der Waals surface area contributed by atoms with Crippen LogP contribution in [0.15, 0.2) is 101 Å². The maximum atomic E-state index is 11.5. The number of hydrogen-bond donors (Lipinski definition) is 0. The molecule has 0 aliphatic heterocycles. The zero-order chi connectivity index (χ0) is 19.8. The zero-order valence-corrected chi connectivity index (χ0v) is 15.5. The van der Waals surface area contributed by atoms with E-state index in [1.807, 2.05) is 90.9 Å². The Morgan fingerprint density at radius 3 is 1.96 bits per heavy atom. The minimum Gasteiger partial charge on any atom is -0.371 e. The monoisotopic (exact) mass is 365 g/mol. The molecular weight excluding hydrogens is 346 g/mol. The summed E-state index contributed by atoms with van der Waals surface area (Å²) in [5.41, 5.74) is 4.14. The molecule has 3 rings (SSSR count). The predicted molar refractivity (Wildman–Crippen MR) is 112 cm³/mol. The second-order valence-electron chi connectivity index (χ2n) is 6.20. The third kappa shape index (κ3) is 4.34. The van der Waals surface area contributed by atoms with Crippen LogP contribution >= 0.6 is 0 Å². The van der Waals surface area contributed by atoms with E-state index in [-0.39, 0.29) is 0 Å². The van der Waals surface area contributed by atoms with E-state index in [0.29, 0.717) is 22.3 Å². The maximum Gasteiger partial charge on any atom is 0.131 e. The third-order valence-electron chi connectivity index (χ3n) is 4.43. The van der Waals surface area contributed by atoms with Crippen LogP contribution in [-0.4, -0.2) is 19.2 Å². The molecule has 0 saturated carbocycles. The minimum atomic E-state index is -0.624. The molecule has 0 amide bonds. The molecule has 1 atom stereocenters. The number of nitrogens with zero attached hydrogens (tertiary/aromatic N) is 1. The lowest BCUT2D eigenvalue weighted by Crippen LogP contribution is -2.21. The number of rotatable bonds is 5. The lowest BCUT2D eigenvalue weighted by molar-refractivity contribution is 0.164. The van der Waals surface area contributed by atoms with Gasteiger partial charge in [-0.25, -0.2) is 4.79 Å². The van der Waals surface area contributed by atoms with Crippen molar-refractivity contribution < 1.29 is 9.53 Å². The van der Waals surface area contributed by atoms with Crippen LogP contribution in [0.25, 0.3) is 12.2 Å². The molecule has 136 valence electrons. The van der Waals surface area contributed by atoms with Gasteiger partial charge in [0.25, 0.3) is 0 Å². The van der Waals surface area contributed by atoms with Crippen molar-refractivity contribution in [2.75, 3.05) is 7.11 Å². The Morgan fingerprint density at radius 2 is 1.46 bits per heavy atom. The summed E-state index contributed by atoms with van der Waals surface area (Å²) in [5, 5.41) is 9.82. The normalized spacial score (nSPS) is 16.9. The molecular formula is C25H19NO2. The van der Waals surface area contributed by atoms with Gasteiger partial charge in [-0.1, -0.05) is 85.0 Å². The van der Waals surface area contributed by atoms with Crippen LogP contribution in [0.3, 0.4) is 0 Å².